The average molecular weight is 222 g/mol. The van der Waals surface area contributed by atoms with Crippen molar-refractivity contribution >= 4 is 17.7 Å². The number of rotatable bonds is 2. The van der Waals surface area contributed by atoms with E-state index in [0.29, 0.717) is 18.8 Å². The lowest BCUT2D eigenvalue weighted by Crippen LogP contribution is -2.37. The minimum atomic E-state index is -1.09. The molecule has 1 aromatic rings. The Balaban J connectivity index is 2.20. The van der Waals surface area contributed by atoms with Crippen molar-refractivity contribution in [1.29, 1.82) is 0 Å². The van der Waals surface area contributed by atoms with E-state index in [1.54, 1.807) is 6.07 Å². The standard InChI is InChI=1S/C10H10N2O4/c13-9(14)8-3-2-7(6-11-8)12-4-1-5-16-10(12)15/h2-3,6H,1,4-5H2,(H,13,14). The molecule has 84 valence electrons. The minimum Gasteiger partial charge on any atom is -0.477 e. The number of carboxylic acid groups (broad SMARTS) is 1. The topological polar surface area (TPSA) is 79.7 Å². The van der Waals surface area contributed by atoms with E-state index >= 15 is 0 Å². The number of anilines is 1. The van der Waals surface area contributed by atoms with Crippen LogP contribution in [0.3, 0.4) is 0 Å². The number of ether oxygens (including phenoxy) is 1. The summed E-state index contributed by atoms with van der Waals surface area (Å²) in [6, 6.07) is 2.91. The Hall–Kier alpha value is -2.11. The lowest BCUT2D eigenvalue weighted by Gasteiger charge is -2.25. The third-order valence-electron chi connectivity index (χ3n) is 2.25. The molecule has 0 radical (unpaired) electrons. The number of carbonyl (C=O) groups excluding carboxylic acids is 1. The van der Waals surface area contributed by atoms with Crippen LogP contribution in [0, 0.1) is 0 Å². The van der Waals surface area contributed by atoms with Gasteiger partial charge in [-0.2, -0.15) is 0 Å². The summed E-state index contributed by atoms with van der Waals surface area (Å²) in [5, 5.41) is 8.67. The highest BCUT2D eigenvalue weighted by Gasteiger charge is 2.21. The van der Waals surface area contributed by atoms with Crippen molar-refractivity contribution in [3.8, 4) is 0 Å². The van der Waals surface area contributed by atoms with Crippen LogP contribution >= 0.6 is 0 Å². The fraction of sp³-hybridized carbons (Fsp3) is 0.300. The Kier molecular flexibility index (Phi) is 2.72. The molecule has 0 bridgehead atoms. The largest absolute Gasteiger partial charge is 0.477 e. The van der Waals surface area contributed by atoms with Gasteiger partial charge in [0.2, 0.25) is 0 Å². The van der Waals surface area contributed by atoms with Crippen molar-refractivity contribution in [3.05, 3.63) is 24.0 Å². The molecule has 1 aliphatic rings. The van der Waals surface area contributed by atoms with Crippen molar-refractivity contribution in [2.24, 2.45) is 0 Å². The number of carbonyl (C=O) groups is 2. The Morgan fingerprint density at radius 1 is 1.50 bits per heavy atom. The number of hydrogen-bond donors (Lipinski definition) is 1. The molecule has 1 saturated heterocycles. The number of nitrogens with zero attached hydrogens (tertiary/aromatic N) is 2. The fourth-order valence-corrected chi connectivity index (χ4v) is 1.46. The van der Waals surface area contributed by atoms with Crippen LogP contribution in [0.25, 0.3) is 0 Å². The van der Waals surface area contributed by atoms with Gasteiger partial charge in [0.05, 0.1) is 18.5 Å². The molecule has 1 N–H and O–H groups in total. The molecule has 6 heteroatoms. The van der Waals surface area contributed by atoms with E-state index in [0.717, 1.165) is 6.42 Å². The van der Waals surface area contributed by atoms with Gasteiger partial charge < -0.3 is 9.84 Å². The third kappa shape index (κ3) is 1.95. The van der Waals surface area contributed by atoms with Crippen LogP contribution in [0.5, 0.6) is 0 Å². The van der Waals surface area contributed by atoms with Crippen LogP contribution in [0.15, 0.2) is 18.3 Å². The smallest absolute Gasteiger partial charge is 0.414 e. The van der Waals surface area contributed by atoms with Gasteiger partial charge in [-0.3, -0.25) is 4.90 Å². The second-order valence-corrected chi connectivity index (χ2v) is 3.33. The molecule has 0 unspecified atom stereocenters. The fourth-order valence-electron chi connectivity index (χ4n) is 1.46. The molecule has 2 rings (SSSR count). The molecular weight excluding hydrogens is 212 g/mol. The number of pyridine rings is 1. The van der Waals surface area contributed by atoms with Crippen molar-refractivity contribution < 1.29 is 19.4 Å². The minimum absolute atomic E-state index is 0.0471. The molecule has 1 aromatic heterocycles. The summed E-state index contributed by atoms with van der Waals surface area (Å²) in [6.45, 7) is 0.989. The van der Waals surface area contributed by atoms with E-state index in [2.05, 4.69) is 4.98 Å². The van der Waals surface area contributed by atoms with Gasteiger partial charge in [0.1, 0.15) is 5.69 Å². The summed E-state index contributed by atoms with van der Waals surface area (Å²) in [7, 11) is 0. The monoisotopic (exact) mass is 222 g/mol. The van der Waals surface area contributed by atoms with Crippen molar-refractivity contribution in [2.45, 2.75) is 6.42 Å². The number of aromatic carboxylic acids is 1. The molecule has 0 spiro atoms. The maximum Gasteiger partial charge on any atom is 0.414 e. The first-order valence-corrected chi connectivity index (χ1v) is 4.82. The van der Waals surface area contributed by atoms with Gasteiger partial charge in [0.25, 0.3) is 0 Å². The highest BCUT2D eigenvalue weighted by atomic mass is 16.6. The second kappa shape index (κ2) is 4.18. The van der Waals surface area contributed by atoms with E-state index < -0.39 is 12.1 Å². The quantitative estimate of drug-likeness (QED) is 0.811. The van der Waals surface area contributed by atoms with E-state index in [1.807, 2.05) is 0 Å². The SMILES string of the molecule is O=C(O)c1ccc(N2CCCOC2=O)cn1. The van der Waals surface area contributed by atoms with Gasteiger partial charge in [-0.25, -0.2) is 14.6 Å². The number of amides is 1. The Labute approximate surface area is 91.5 Å². The summed E-state index contributed by atoms with van der Waals surface area (Å²) in [6.07, 6.45) is 1.69. The van der Waals surface area contributed by atoms with Crippen LogP contribution in [0.1, 0.15) is 16.9 Å². The Morgan fingerprint density at radius 3 is 2.88 bits per heavy atom. The van der Waals surface area contributed by atoms with E-state index in [9.17, 15) is 9.59 Å². The number of carboxylic acids is 1. The first-order chi connectivity index (χ1) is 7.68. The zero-order valence-corrected chi connectivity index (χ0v) is 8.42. The van der Waals surface area contributed by atoms with Gasteiger partial charge in [0.15, 0.2) is 0 Å². The molecule has 16 heavy (non-hydrogen) atoms. The molecule has 1 fully saturated rings. The maximum atomic E-state index is 11.4. The third-order valence-corrected chi connectivity index (χ3v) is 2.25. The van der Waals surface area contributed by atoms with Crippen LogP contribution in [-0.4, -0.2) is 35.3 Å². The van der Waals surface area contributed by atoms with Gasteiger partial charge in [0, 0.05) is 6.54 Å². The summed E-state index contributed by atoms with van der Waals surface area (Å²) in [5.74, 6) is -1.09. The van der Waals surface area contributed by atoms with Crippen LogP contribution in [0.4, 0.5) is 10.5 Å². The number of aromatic nitrogens is 1. The van der Waals surface area contributed by atoms with E-state index in [1.165, 1.54) is 17.2 Å². The molecule has 6 nitrogen and oxygen atoms in total. The van der Waals surface area contributed by atoms with Crippen molar-refractivity contribution in [3.63, 3.8) is 0 Å². The first-order valence-electron chi connectivity index (χ1n) is 4.82. The lowest BCUT2D eigenvalue weighted by atomic mass is 10.3. The zero-order valence-electron chi connectivity index (χ0n) is 8.42. The maximum absolute atomic E-state index is 11.4. The van der Waals surface area contributed by atoms with Crippen molar-refractivity contribution in [2.75, 3.05) is 18.1 Å². The normalized spacial score (nSPS) is 15.8. The predicted molar refractivity (Wildman–Crippen MR) is 54.5 cm³/mol. The lowest BCUT2D eigenvalue weighted by molar-refractivity contribution is 0.0690. The zero-order chi connectivity index (χ0) is 11.5. The summed E-state index contributed by atoms with van der Waals surface area (Å²) in [5.41, 5.74) is 0.504. The van der Waals surface area contributed by atoms with Crippen LogP contribution in [-0.2, 0) is 4.74 Å². The Morgan fingerprint density at radius 2 is 2.31 bits per heavy atom. The molecule has 1 amide bonds. The first kappa shape index (κ1) is 10.4. The van der Waals surface area contributed by atoms with Crippen LogP contribution < -0.4 is 4.90 Å². The molecule has 1 aliphatic heterocycles. The molecule has 0 saturated carbocycles. The average Bonchev–Trinajstić information content (AvgIpc) is 2.30. The van der Waals surface area contributed by atoms with E-state index in [-0.39, 0.29) is 5.69 Å². The van der Waals surface area contributed by atoms with E-state index in [4.69, 9.17) is 9.84 Å². The van der Waals surface area contributed by atoms with Gasteiger partial charge in [-0.1, -0.05) is 0 Å². The molecule has 0 atom stereocenters. The number of hydrogen-bond acceptors (Lipinski definition) is 4. The molecular formula is C10H10N2O4. The molecule has 2 heterocycles. The highest BCUT2D eigenvalue weighted by Crippen LogP contribution is 2.17. The molecule has 0 aromatic carbocycles. The molecule has 0 aliphatic carbocycles. The van der Waals surface area contributed by atoms with Gasteiger partial charge >= 0.3 is 12.1 Å². The number of cyclic esters (lactones) is 1. The van der Waals surface area contributed by atoms with Gasteiger partial charge in [-0.05, 0) is 18.6 Å². The van der Waals surface area contributed by atoms with Crippen molar-refractivity contribution in [1.82, 2.24) is 4.98 Å². The summed E-state index contributed by atoms with van der Waals surface area (Å²) < 4.78 is 4.87. The summed E-state index contributed by atoms with van der Waals surface area (Å²) >= 11 is 0. The predicted octanol–water partition coefficient (Wildman–Crippen LogP) is 1.13. The highest BCUT2D eigenvalue weighted by molar-refractivity contribution is 5.89. The second-order valence-electron chi connectivity index (χ2n) is 3.33. The summed E-state index contributed by atoms with van der Waals surface area (Å²) in [4.78, 5) is 27.1. The van der Waals surface area contributed by atoms with Gasteiger partial charge in [-0.15, -0.1) is 0 Å². The Bertz CT molecular complexity index is 415. The van der Waals surface area contributed by atoms with Crippen LogP contribution in [0.2, 0.25) is 0 Å².